The third-order valence-corrected chi connectivity index (χ3v) is 3.17. The molecule has 0 spiro atoms. The van der Waals surface area contributed by atoms with Crippen molar-refractivity contribution in [1.82, 2.24) is 0 Å². The highest BCUT2D eigenvalue weighted by Crippen LogP contribution is 2.26. The molecule has 0 aliphatic heterocycles. The highest BCUT2D eigenvalue weighted by atomic mass is 79.9. The molecule has 0 bridgehead atoms. The Kier molecular flexibility index (Phi) is 5.94. The van der Waals surface area contributed by atoms with Gasteiger partial charge in [-0.15, -0.1) is 0 Å². The minimum absolute atomic E-state index is 0.0965. The molecule has 0 saturated heterocycles. The largest absolute Gasteiger partial charge is 0.409 e. The van der Waals surface area contributed by atoms with Crippen molar-refractivity contribution in [2.45, 2.75) is 6.92 Å². The molecule has 3 N–H and O–H groups in total. The molecule has 0 fully saturated rings. The van der Waals surface area contributed by atoms with E-state index in [-0.39, 0.29) is 5.84 Å². The Morgan fingerprint density at radius 3 is 2.83 bits per heavy atom. The molecule has 0 unspecified atom stereocenters. The summed E-state index contributed by atoms with van der Waals surface area (Å²) in [5.41, 5.74) is 7.24. The number of oxime groups is 1. The Labute approximate surface area is 115 Å². The molecule has 1 aromatic carbocycles. The quantitative estimate of drug-likeness (QED) is 0.277. The first-order valence-corrected chi connectivity index (χ1v) is 6.45. The number of halogens is 1. The van der Waals surface area contributed by atoms with Gasteiger partial charge in [0.05, 0.1) is 12.3 Å². The fourth-order valence-electron chi connectivity index (χ4n) is 1.50. The van der Waals surface area contributed by atoms with Crippen LogP contribution >= 0.6 is 15.9 Å². The maximum Gasteiger partial charge on any atom is 0.170 e. The molecule has 0 aliphatic rings. The van der Waals surface area contributed by atoms with E-state index >= 15 is 0 Å². The zero-order valence-corrected chi connectivity index (χ0v) is 12.1. The van der Waals surface area contributed by atoms with Gasteiger partial charge in [0.2, 0.25) is 0 Å². The minimum Gasteiger partial charge on any atom is -0.409 e. The SMILES string of the molecule is CCOCCN(C)c1ccc(/C(N)=N/O)cc1Br. The number of ether oxygens (including phenoxy) is 1. The monoisotopic (exact) mass is 315 g/mol. The summed E-state index contributed by atoms with van der Waals surface area (Å²) in [6.45, 7) is 4.18. The average Bonchev–Trinajstić information content (AvgIpc) is 2.37. The Morgan fingerprint density at radius 1 is 1.56 bits per heavy atom. The van der Waals surface area contributed by atoms with E-state index in [9.17, 15) is 0 Å². The van der Waals surface area contributed by atoms with Gasteiger partial charge in [-0.05, 0) is 41.1 Å². The second-order valence-electron chi connectivity index (χ2n) is 3.77. The van der Waals surface area contributed by atoms with Crippen LogP contribution in [0.2, 0.25) is 0 Å². The lowest BCUT2D eigenvalue weighted by atomic mass is 10.2. The fourth-order valence-corrected chi connectivity index (χ4v) is 2.18. The van der Waals surface area contributed by atoms with Crippen molar-refractivity contribution in [3.63, 3.8) is 0 Å². The number of rotatable bonds is 6. The van der Waals surface area contributed by atoms with E-state index in [1.807, 2.05) is 32.2 Å². The minimum atomic E-state index is 0.0965. The molecule has 0 heterocycles. The van der Waals surface area contributed by atoms with Gasteiger partial charge in [-0.1, -0.05) is 5.16 Å². The van der Waals surface area contributed by atoms with Crippen molar-refractivity contribution in [3.8, 4) is 0 Å². The van der Waals surface area contributed by atoms with Crippen LogP contribution in [0.3, 0.4) is 0 Å². The predicted molar refractivity (Wildman–Crippen MR) is 76.4 cm³/mol. The van der Waals surface area contributed by atoms with Crippen molar-refractivity contribution >= 4 is 27.5 Å². The Hall–Kier alpha value is -1.27. The molecule has 0 saturated carbocycles. The van der Waals surface area contributed by atoms with Crippen LogP contribution < -0.4 is 10.6 Å². The molecule has 1 rings (SSSR count). The highest BCUT2D eigenvalue weighted by Gasteiger charge is 2.08. The molecule has 0 amide bonds. The molecule has 0 aliphatic carbocycles. The zero-order chi connectivity index (χ0) is 13.5. The molecule has 0 aromatic heterocycles. The summed E-state index contributed by atoms with van der Waals surface area (Å²) in [5, 5.41) is 11.6. The standard InChI is InChI=1S/C12H18BrN3O2/c1-3-18-7-6-16(2)11-5-4-9(8-10(11)13)12(14)15-17/h4-5,8,17H,3,6-7H2,1-2H3,(H2,14,15). The molecule has 100 valence electrons. The van der Waals surface area contributed by atoms with Crippen LogP contribution in [0.15, 0.2) is 27.8 Å². The molecular formula is C12H18BrN3O2. The first kappa shape index (κ1) is 14.8. The van der Waals surface area contributed by atoms with Crippen LogP contribution in [-0.2, 0) is 4.74 Å². The van der Waals surface area contributed by atoms with E-state index in [0.717, 1.165) is 23.3 Å². The number of benzene rings is 1. The van der Waals surface area contributed by atoms with E-state index in [1.54, 1.807) is 0 Å². The first-order valence-electron chi connectivity index (χ1n) is 5.66. The third kappa shape index (κ3) is 3.89. The predicted octanol–water partition coefficient (Wildman–Crippen LogP) is 2.02. The summed E-state index contributed by atoms with van der Waals surface area (Å²) >= 11 is 3.48. The number of hydrogen-bond donors (Lipinski definition) is 2. The number of likely N-dealkylation sites (N-methyl/N-ethyl adjacent to an activating group) is 1. The van der Waals surface area contributed by atoms with E-state index in [4.69, 9.17) is 15.7 Å². The van der Waals surface area contributed by atoms with Crippen LogP contribution in [0.4, 0.5) is 5.69 Å². The van der Waals surface area contributed by atoms with Crippen LogP contribution in [0, 0.1) is 0 Å². The summed E-state index contributed by atoms with van der Waals surface area (Å²) in [7, 11) is 1.99. The van der Waals surface area contributed by atoms with Crippen molar-refractivity contribution in [2.75, 3.05) is 31.7 Å². The Balaban J connectivity index is 2.78. The number of nitrogens with two attached hydrogens (primary N) is 1. The summed E-state index contributed by atoms with van der Waals surface area (Å²) in [5.74, 6) is 0.0965. The summed E-state index contributed by atoms with van der Waals surface area (Å²) in [6.07, 6.45) is 0. The van der Waals surface area contributed by atoms with Gasteiger partial charge >= 0.3 is 0 Å². The molecule has 18 heavy (non-hydrogen) atoms. The maximum absolute atomic E-state index is 8.62. The first-order chi connectivity index (χ1) is 8.60. The number of hydrogen-bond acceptors (Lipinski definition) is 4. The smallest absolute Gasteiger partial charge is 0.170 e. The third-order valence-electron chi connectivity index (χ3n) is 2.54. The summed E-state index contributed by atoms with van der Waals surface area (Å²) in [6, 6.07) is 5.55. The lowest BCUT2D eigenvalue weighted by Gasteiger charge is -2.21. The molecule has 1 aromatic rings. The van der Waals surface area contributed by atoms with Gasteiger partial charge in [-0.2, -0.15) is 0 Å². The average molecular weight is 316 g/mol. The van der Waals surface area contributed by atoms with Gasteiger partial charge in [0.15, 0.2) is 5.84 Å². The topological polar surface area (TPSA) is 71.1 Å². The summed E-state index contributed by atoms with van der Waals surface area (Å²) in [4.78, 5) is 2.08. The van der Waals surface area contributed by atoms with Crippen molar-refractivity contribution < 1.29 is 9.94 Å². The second-order valence-corrected chi connectivity index (χ2v) is 4.62. The fraction of sp³-hybridized carbons (Fsp3) is 0.417. The number of amidine groups is 1. The normalized spacial score (nSPS) is 11.6. The van der Waals surface area contributed by atoms with Gasteiger partial charge in [0, 0.05) is 30.2 Å². The molecule has 6 heteroatoms. The van der Waals surface area contributed by atoms with Crippen molar-refractivity contribution in [3.05, 3.63) is 28.2 Å². The zero-order valence-electron chi connectivity index (χ0n) is 10.6. The maximum atomic E-state index is 8.62. The van der Waals surface area contributed by atoms with Gasteiger partial charge in [0.25, 0.3) is 0 Å². The van der Waals surface area contributed by atoms with Gasteiger partial charge < -0.3 is 20.6 Å². The van der Waals surface area contributed by atoms with E-state index in [2.05, 4.69) is 26.0 Å². The van der Waals surface area contributed by atoms with Crippen molar-refractivity contribution in [1.29, 1.82) is 0 Å². The number of nitrogens with zero attached hydrogens (tertiary/aromatic N) is 2. The lowest BCUT2D eigenvalue weighted by Crippen LogP contribution is -2.23. The van der Waals surface area contributed by atoms with Gasteiger partial charge in [-0.3, -0.25) is 0 Å². The van der Waals surface area contributed by atoms with Crippen LogP contribution in [-0.4, -0.2) is 37.8 Å². The molecule has 0 atom stereocenters. The van der Waals surface area contributed by atoms with E-state index in [0.29, 0.717) is 12.2 Å². The van der Waals surface area contributed by atoms with Crippen LogP contribution in [0.1, 0.15) is 12.5 Å². The van der Waals surface area contributed by atoms with Crippen LogP contribution in [0.25, 0.3) is 0 Å². The molecular weight excluding hydrogens is 298 g/mol. The Bertz CT molecular complexity index is 424. The molecule has 5 nitrogen and oxygen atoms in total. The van der Waals surface area contributed by atoms with Gasteiger partial charge in [0.1, 0.15) is 0 Å². The number of anilines is 1. The van der Waals surface area contributed by atoms with E-state index in [1.165, 1.54) is 0 Å². The van der Waals surface area contributed by atoms with E-state index < -0.39 is 0 Å². The van der Waals surface area contributed by atoms with Gasteiger partial charge in [-0.25, -0.2) is 0 Å². The van der Waals surface area contributed by atoms with Crippen molar-refractivity contribution in [2.24, 2.45) is 10.9 Å². The second kappa shape index (κ2) is 7.23. The Morgan fingerprint density at radius 2 is 2.28 bits per heavy atom. The lowest BCUT2D eigenvalue weighted by molar-refractivity contribution is 0.154. The highest BCUT2D eigenvalue weighted by molar-refractivity contribution is 9.10. The molecule has 0 radical (unpaired) electrons. The van der Waals surface area contributed by atoms with Crippen LogP contribution in [0.5, 0.6) is 0 Å². The summed E-state index contributed by atoms with van der Waals surface area (Å²) < 4.78 is 6.21.